The zero-order valence-corrected chi connectivity index (χ0v) is 26.6. The lowest BCUT2D eigenvalue weighted by atomic mass is 9.84. The van der Waals surface area contributed by atoms with Gasteiger partial charge in [0.1, 0.15) is 4.88 Å². The van der Waals surface area contributed by atoms with Crippen LogP contribution in [0, 0.1) is 5.92 Å². The van der Waals surface area contributed by atoms with Crippen LogP contribution < -0.4 is 0 Å². The number of halogens is 5. The molecular weight excluding hydrogens is 634 g/mol. The molecule has 0 N–H and O–H groups in total. The van der Waals surface area contributed by atoms with E-state index in [1.807, 2.05) is 6.07 Å². The molecule has 0 radical (unpaired) electrons. The lowest BCUT2D eigenvalue weighted by molar-refractivity contribution is -0.141. The molecule has 3 aromatic rings. The number of carbonyl (C=O) groups is 3. The number of rotatable bonds is 5. The molecule has 12 heteroatoms. The molecule has 2 aliphatic heterocycles. The first-order valence-corrected chi connectivity index (χ1v) is 15.9. The third-order valence-corrected chi connectivity index (χ3v) is 10.6. The van der Waals surface area contributed by atoms with Crippen LogP contribution in [-0.2, 0) is 15.8 Å². The number of nitrogens with zero attached hydrogens (tertiary/aromatic N) is 3. The molecule has 0 unspecified atom stereocenters. The number of benzene rings is 2. The van der Waals surface area contributed by atoms with Crippen molar-refractivity contribution in [2.24, 2.45) is 5.92 Å². The van der Waals surface area contributed by atoms with Gasteiger partial charge in [-0.05, 0) is 48.6 Å². The van der Waals surface area contributed by atoms with Crippen molar-refractivity contribution in [2.75, 3.05) is 33.2 Å². The highest BCUT2D eigenvalue weighted by atomic mass is 35.5. The summed E-state index contributed by atoms with van der Waals surface area (Å²) in [5.41, 5.74) is 1.13. The number of amides is 3. The zero-order chi connectivity index (χ0) is 31.8. The van der Waals surface area contributed by atoms with Gasteiger partial charge in [0.2, 0.25) is 11.8 Å². The topological polar surface area (TPSA) is 60.9 Å². The van der Waals surface area contributed by atoms with Gasteiger partial charge >= 0.3 is 6.18 Å². The maximum atomic E-state index is 14.1. The molecule has 3 amide bonds. The van der Waals surface area contributed by atoms with Crippen molar-refractivity contribution in [3.63, 3.8) is 0 Å². The number of piperidine rings is 2. The normalized spacial score (nSPS) is 19.6. The maximum absolute atomic E-state index is 14.1. The minimum atomic E-state index is -4.62. The standard InChI is InChI=1S/C32H32Cl2F3N3O3S/c1-19(41)39-13-10-21(11-14-39)30(42)40-15-12-27(24(18-40)22-8-9-25(33)26(34)16-22)38(2)31(43)28-17-23(20-6-4-3-5-7-20)29(44-28)32(35,36)37/h3-9,16-17,21,24,27H,10-15,18H2,1-2H3/t24-,27+/m0/s1. The smallest absolute Gasteiger partial charge is 0.343 e. The highest BCUT2D eigenvalue weighted by molar-refractivity contribution is 7.14. The third kappa shape index (κ3) is 6.77. The van der Waals surface area contributed by atoms with Crippen LogP contribution in [0.4, 0.5) is 13.2 Å². The second-order valence-electron chi connectivity index (χ2n) is 11.3. The molecule has 0 saturated carbocycles. The quantitative estimate of drug-likeness (QED) is 0.284. The van der Waals surface area contributed by atoms with Gasteiger partial charge in [-0.1, -0.05) is 59.6 Å². The van der Waals surface area contributed by atoms with E-state index >= 15 is 0 Å². The van der Waals surface area contributed by atoms with Crippen LogP contribution in [-0.4, -0.2) is 71.7 Å². The van der Waals surface area contributed by atoms with E-state index in [-0.39, 0.29) is 34.1 Å². The van der Waals surface area contributed by atoms with Crippen molar-refractivity contribution >= 4 is 52.3 Å². The van der Waals surface area contributed by atoms with Crippen LogP contribution >= 0.6 is 34.5 Å². The second kappa shape index (κ2) is 13.1. The van der Waals surface area contributed by atoms with Crippen molar-refractivity contribution in [1.82, 2.24) is 14.7 Å². The fourth-order valence-electron chi connectivity index (χ4n) is 6.24. The number of carbonyl (C=O) groups excluding carboxylic acids is 3. The van der Waals surface area contributed by atoms with Crippen molar-refractivity contribution in [1.29, 1.82) is 0 Å². The van der Waals surface area contributed by atoms with E-state index in [4.69, 9.17) is 23.2 Å². The summed E-state index contributed by atoms with van der Waals surface area (Å²) in [4.78, 5) is 43.4. The minimum Gasteiger partial charge on any atom is -0.343 e. The molecule has 0 bridgehead atoms. The van der Waals surface area contributed by atoms with E-state index < -0.39 is 23.0 Å². The average molecular weight is 667 g/mol. The van der Waals surface area contributed by atoms with Gasteiger partial charge in [0, 0.05) is 63.6 Å². The van der Waals surface area contributed by atoms with Crippen molar-refractivity contribution in [3.8, 4) is 11.1 Å². The first-order chi connectivity index (χ1) is 20.8. The first-order valence-electron chi connectivity index (χ1n) is 14.4. The molecule has 2 fully saturated rings. The minimum absolute atomic E-state index is 0.00581. The molecule has 2 saturated heterocycles. The van der Waals surface area contributed by atoms with Crippen molar-refractivity contribution < 1.29 is 27.6 Å². The molecular formula is C32H32Cl2F3N3O3S. The highest BCUT2D eigenvalue weighted by Gasteiger charge is 2.41. The Bertz CT molecular complexity index is 1540. The average Bonchev–Trinajstić information content (AvgIpc) is 3.48. The zero-order valence-electron chi connectivity index (χ0n) is 24.2. The Kier molecular flexibility index (Phi) is 9.63. The Morgan fingerprint density at radius 1 is 0.909 bits per heavy atom. The Morgan fingerprint density at radius 2 is 1.57 bits per heavy atom. The van der Waals surface area contributed by atoms with E-state index in [9.17, 15) is 27.6 Å². The molecule has 1 aromatic heterocycles. The Labute approximate surface area is 268 Å². The Hall–Kier alpha value is -3.08. The summed E-state index contributed by atoms with van der Waals surface area (Å²) in [7, 11) is 1.60. The molecule has 5 rings (SSSR count). The molecule has 0 aliphatic carbocycles. The largest absolute Gasteiger partial charge is 0.426 e. The van der Waals surface area contributed by atoms with E-state index in [1.165, 1.54) is 17.9 Å². The van der Waals surface area contributed by atoms with Crippen molar-refractivity contribution in [3.05, 3.63) is 80.0 Å². The summed E-state index contributed by atoms with van der Waals surface area (Å²) >= 11 is 13.0. The highest BCUT2D eigenvalue weighted by Crippen LogP contribution is 2.44. The van der Waals surface area contributed by atoms with E-state index in [1.54, 1.807) is 59.3 Å². The number of hydrogen-bond acceptors (Lipinski definition) is 4. The van der Waals surface area contributed by atoms with Gasteiger partial charge in [-0.25, -0.2) is 0 Å². The van der Waals surface area contributed by atoms with Crippen LogP contribution in [0.25, 0.3) is 11.1 Å². The molecule has 234 valence electrons. The molecule has 0 spiro atoms. The van der Waals surface area contributed by atoms with Gasteiger partial charge in [-0.15, -0.1) is 11.3 Å². The molecule has 3 heterocycles. The predicted molar refractivity (Wildman–Crippen MR) is 166 cm³/mol. The molecule has 2 atom stereocenters. The predicted octanol–water partition coefficient (Wildman–Crippen LogP) is 7.46. The van der Waals surface area contributed by atoms with Crippen LogP contribution in [0.2, 0.25) is 10.0 Å². The van der Waals surface area contributed by atoms with Crippen LogP contribution in [0.15, 0.2) is 54.6 Å². The lowest BCUT2D eigenvalue weighted by Crippen LogP contribution is -2.53. The summed E-state index contributed by atoms with van der Waals surface area (Å²) in [5, 5.41) is 0.696. The number of thiophene rings is 1. The molecule has 2 aromatic carbocycles. The Balaban J connectivity index is 1.42. The van der Waals surface area contributed by atoms with Crippen LogP contribution in [0.1, 0.15) is 52.2 Å². The van der Waals surface area contributed by atoms with Gasteiger partial charge in [-0.2, -0.15) is 13.2 Å². The summed E-state index contributed by atoms with van der Waals surface area (Å²) in [5.74, 6) is -1.09. The summed E-state index contributed by atoms with van der Waals surface area (Å²) in [6.45, 7) is 3.27. The van der Waals surface area contributed by atoms with E-state index in [0.717, 1.165) is 5.56 Å². The SMILES string of the molecule is CC(=O)N1CCC(C(=O)N2CC[C@@H](N(C)C(=O)c3cc(-c4ccccc4)c(C(F)(F)F)s3)[C@H](c3ccc(Cl)c(Cl)c3)C2)CC1. The third-order valence-electron chi connectivity index (χ3n) is 8.65. The number of likely N-dealkylation sites (tertiary alicyclic amines) is 2. The second-order valence-corrected chi connectivity index (χ2v) is 13.2. The van der Waals surface area contributed by atoms with Gasteiger partial charge in [0.25, 0.3) is 5.91 Å². The van der Waals surface area contributed by atoms with Crippen LogP contribution in [0.5, 0.6) is 0 Å². The van der Waals surface area contributed by atoms with Gasteiger partial charge < -0.3 is 14.7 Å². The number of likely N-dealkylation sites (N-methyl/N-ethyl adjacent to an activating group) is 1. The number of hydrogen-bond donors (Lipinski definition) is 0. The van der Waals surface area contributed by atoms with Gasteiger partial charge in [0.05, 0.1) is 14.9 Å². The van der Waals surface area contributed by atoms with Gasteiger partial charge in [-0.3, -0.25) is 14.4 Å². The monoisotopic (exact) mass is 665 g/mol. The Morgan fingerprint density at radius 3 is 2.18 bits per heavy atom. The first kappa shape index (κ1) is 32.3. The van der Waals surface area contributed by atoms with Crippen molar-refractivity contribution in [2.45, 2.75) is 44.3 Å². The van der Waals surface area contributed by atoms with E-state index in [0.29, 0.717) is 72.4 Å². The molecule has 44 heavy (non-hydrogen) atoms. The molecule has 2 aliphatic rings. The van der Waals surface area contributed by atoms with E-state index in [2.05, 4.69) is 0 Å². The summed E-state index contributed by atoms with van der Waals surface area (Å²) in [6.07, 6.45) is -3.04. The summed E-state index contributed by atoms with van der Waals surface area (Å²) in [6, 6.07) is 14.3. The molecule has 6 nitrogen and oxygen atoms in total. The fourth-order valence-corrected chi connectivity index (χ4v) is 7.57. The number of alkyl halides is 3. The fraction of sp³-hybridized carbons (Fsp3) is 0.406. The van der Waals surface area contributed by atoms with Crippen LogP contribution in [0.3, 0.4) is 0 Å². The van der Waals surface area contributed by atoms with Gasteiger partial charge in [0.15, 0.2) is 0 Å². The lowest BCUT2D eigenvalue weighted by Gasteiger charge is -2.44. The maximum Gasteiger partial charge on any atom is 0.426 e. The summed E-state index contributed by atoms with van der Waals surface area (Å²) < 4.78 is 42.2.